The van der Waals surface area contributed by atoms with Gasteiger partial charge in [0.25, 0.3) is 0 Å². The number of likely N-dealkylation sites (tertiary alicyclic amines) is 1. The fraction of sp³-hybridized carbons (Fsp3) is 0.300. The van der Waals surface area contributed by atoms with Crippen LogP contribution >= 0.6 is 0 Å². The van der Waals surface area contributed by atoms with Gasteiger partial charge in [0.2, 0.25) is 0 Å². The lowest BCUT2D eigenvalue weighted by Crippen LogP contribution is -2.28. The summed E-state index contributed by atoms with van der Waals surface area (Å²) in [5.74, 6) is 0.899. The molecule has 2 nitrogen and oxygen atoms in total. The Labute approximate surface area is 133 Å². The Morgan fingerprint density at radius 3 is 2.23 bits per heavy atom. The fourth-order valence-electron chi connectivity index (χ4n) is 2.96. The molecule has 3 rings (SSSR count). The van der Waals surface area contributed by atoms with Crippen LogP contribution in [0.2, 0.25) is 0 Å². The predicted molar refractivity (Wildman–Crippen MR) is 92.7 cm³/mol. The lowest BCUT2D eigenvalue weighted by Gasteiger charge is -2.31. The third-order valence-corrected chi connectivity index (χ3v) is 4.19. The van der Waals surface area contributed by atoms with Crippen molar-refractivity contribution in [3.63, 3.8) is 0 Å². The molecule has 1 aliphatic rings. The molecular weight excluding hydrogens is 270 g/mol. The van der Waals surface area contributed by atoms with Gasteiger partial charge < -0.3 is 9.64 Å². The van der Waals surface area contributed by atoms with Crippen molar-refractivity contribution in [1.29, 1.82) is 0 Å². The number of hydrogen-bond donors (Lipinski definition) is 0. The SMILES string of the molecule is COc1ccc(C=C(c2ccccc2)N2CCCCC2)cc1. The lowest BCUT2D eigenvalue weighted by molar-refractivity contribution is 0.327. The van der Waals surface area contributed by atoms with Gasteiger partial charge in [-0.2, -0.15) is 0 Å². The van der Waals surface area contributed by atoms with Crippen molar-refractivity contribution in [2.24, 2.45) is 0 Å². The summed E-state index contributed by atoms with van der Waals surface area (Å²) in [7, 11) is 1.70. The molecule has 0 N–H and O–H groups in total. The van der Waals surface area contributed by atoms with Crippen molar-refractivity contribution in [3.8, 4) is 5.75 Å². The van der Waals surface area contributed by atoms with Gasteiger partial charge in [-0.3, -0.25) is 0 Å². The quantitative estimate of drug-likeness (QED) is 0.759. The summed E-state index contributed by atoms with van der Waals surface area (Å²) in [6, 6.07) is 19.0. The van der Waals surface area contributed by atoms with Crippen LogP contribution in [0.25, 0.3) is 11.8 Å². The van der Waals surface area contributed by atoms with Crippen LogP contribution in [-0.4, -0.2) is 25.1 Å². The molecule has 22 heavy (non-hydrogen) atoms. The highest BCUT2D eigenvalue weighted by molar-refractivity contribution is 5.80. The van der Waals surface area contributed by atoms with E-state index < -0.39 is 0 Å². The first-order valence-electron chi connectivity index (χ1n) is 8.03. The predicted octanol–water partition coefficient (Wildman–Crippen LogP) is 4.68. The van der Waals surface area contributed by atoms with Gasteiger partial charge in [0.15, 0.2) is 0 Å². The third-order valence-electron chi connectivity index (χ3n) is 4.19. The molecule has 1 heterocycles. The Morgan fingerprint density at radius 2 is 1.59 bits per heavy atom. The molecule has 2 aromatic carbocycles. The lowest BCUT2D eigenvalue weighted by atomic mass is 10.0. The maximum absolute atomic E-state index is 5.24. The Kier molecular flexibility index (Phi) is 4.79. The summed E-state index contributed by atoms with van der Waals surface area (Å²) in [6.45, 7) is 2.30. The highest BCUT2D eigenvalue weighted by Gasteiger charge is 2.14. The summed E-state index contributed by atoms with van der Waals surface area (Å²) in [5, 5.41) is 0. The van der Waals surface area contributed by atoms with Crippen LogP contribution in [-0.2, 0) is 0 Å². The number of ether oxygens (including phenoxy) is 1. The normalized spacial score (nSPS) is 15.7. The average Bonchev–Trinajstić information content (AvgIpc) is 2.62. The van der Waals surface area contributed by atoms with E-state index in [9.17, 15) is 0 Å². The Hall–Kier alpha value is -2.22. The molecule has 2 aromatic rings. The first kappa shape index (κ1) is 14.7. The van der Waals surface area contributed by atoms with Gasteiger partial charge in [0.05, 0.1) is 7.11 Å². The first-order chi connectivity index (χ1) is 10.9. The largest absolute Gasteiger partial charge is 0.497 e. The van der Waals surface area contributed by atoms with Gasteiger partial charge in [-0.1, -0.05) is 42.5 Å². The van der Waals surface area contributed by atoms with Crippen molar-refractivity contribution in [1.82, 2.24) is 4.90 Å². The standard InChI is InChI=1S/C20H23NO/c1-22-19-12-10-17(11-13-19)16-20(18-8-4-2-5-9-18)21-14-6-3-7-15-21/h2,4-5,8-13,16H,3,6-7,14-15H2,1H3. The molecular formula is C20H23NO. The Morgan fingerprint density at radius 1 is 0.909 bits per heavy atom. The van der Waals surface area contributed by atoms with E-state index in [0.717, 1.165) is 18.8 Å². The highest BCUT2D eigenvalue weighted by Crippen LogP contribution is 2.26. The molecule has 0 aliphatic carbocycles. The van der Waals surface area contributed by atoms with E-state index >= 15 is 0 Å². The molecule has 1 aliphatic heterocycles. The van der Waals surface area contributed by atoms with E-state index in [1.807, 2.05) is 12.1 Å². The van der Waals surface area contributed by atoms with Crippen LogP contribution in [0.15, 0.2) is 54.6 Å². The first-order valence-corrected chi connectivity index (χ1v) is 8.03. The van der Waals surface area contributed by atoms with E-state index in [4.69, 9.17) is 4.74 Å². The maximum Gasteiger partial charge on any atom is 0.118 e. The molecule has 0 amide bonds. The zero-order valence-electron chi connectivity index (χ0n) is 13.2. The number of nitrogens with zero attached hydrogens (tertiary/aromatic N) is 1. The monoisotopic (exact) mass is 293 g/mol. The second-order valence-corrected chi connectivity index (χ2v) is 5.72. The minimum absolute atomic E-state index is 0.899. The zero-order chi connectivity index (χ0) is 15.2. The topological polar surface area (TPSA) is 12.5 Å². The van der Waals surface area contributed by atoms with E-state index in [0.29, 0.717) is 0 Å². The van der Waals surface area contributed by atoms with Gasteiger partial charge in [-0.25, -0.2) is 0 Å². The fourth-order valence-corrected chi connectivity index (χ4v) is 2.96. The summed E-state index contributed by atoms with van der Waals surface area (Å²) in [5.41, 5.74) is 3.83. The maximum atomic E-state index is 5.24. The van der Waals surface area contributed by atoms with Crippen molar-refractivity contribution in [2.45, 2.75) is 19.3 Å². The molecule has 0 atom stereocenters. The summed E-state index contributed by atoms with van der Waals surface area (Å²) >= 11 is 0. The van der Waals surface area contributed by atoms with Gasteiger partial charge >= 0.3 is 0 Å². The van der Waals surface area contributed by atoms with Crippen molar-refractivity contribution < 1.29 is 4.74 Å². The minimum Gasteiger partial charge on any atom is -0.497 e. The Bertz CT molecular complexity index is 610. The molecule has 0 radical (unpaired) electrons. The Balaban J connectivity index is 1.94. The molecule has 1 fully saturated rings. The smallest absolute Gasteiger partial charge is 0.118 e. The van der Waals surface area contributed by atoms with Crippen LogP contribution in [0.5, 0.6) is 5.75 Å². The van der Waals surface area contributed by atoms with Crippen molar-refractivity contribution in [2.75, 3.05) is 20.2 Å². The van der Waals surface area contributed by atoms with Gasteiger partial charge in [-0.15, -0.1) is 0 Å². The average molecular weight is 293 g/mol. The zero-order valence-corrected chi connectivity index (χ0v) is 13.2. The molecule has 114 valence electrons. The van der Waals surface area contributed by atoms with Crippen LogP contribution in [0.3, 0.4) is 0 Å². The highest BCUT2D eigenvalue weighted by atomic mass is 16.5. The summed E-state index contributed by atoms with van der Waals surface area (Å²) in [4.78, 5) is 2.52. The second kappa shape index (κ2) is 7.17. The third kappa shape index (κ3) is 3.51. The number of methoxy groups -OCH3 is 1. The van der Waals surface area contributed by atoms with Gasteiger partial charge in [0.1, 0.15) is 5.75 Å². The van der Waals surface area contributed by atoms with Gasteiger partial charge in [0, 0.05) is 18.8 Å². The second-order valence-electron chi connectivity index (χ2n) is 5.72. The number of piperidine rings is 1. The number of benzene rings is 2. The number of hydrogen-bond acceptors (Lipinski definition) is 2. The van der Waals surface area contributed by atoms with Gasteiger partial charge in [-0.05, 0) is 48.6 Å². The van der Waals surface area contributed by atoms with Crippen LogP contribution in [0, 0.1) is 0 Å². The van der Waals surface area contributed by atoms with Crippen LogP contribution < -0.4 is 4.74 Å². The molecule has 0 spiro atoms. The van der Waals surface area contributed by atoms with E-state index in [2.05, 4.69) is 53.4 Å². The summed E-state index contributed by atoms with van der Waals surface area (Å²) < 4.78 is 5.24. The van der Waals surface area contributed by atoms with Crippen molar-refractivity contribution >= 4 is 11.8 Å². The van der Waals surface area contributed by atoms with E-state index in [1.54, 1.807) is 7.11 Å². The van der Waals surface area contributed by atoms with E-state index in [1.165, 1.54) is 36.1 Å². The molecule has 0 bridgehead atoms. The molecule has 0 aromatic heterocycles. The van der Waals surface area contributed by atoms with Crippen LogP contribution in [0.1, 0.15) is 30.4 Å². The minimum atomic E-state index is 0.899. The molecule has 1 saturated heterocycles. The van der Waals surface area contributed by atoms with Crippen molar-refractivity contribution in [3.05, 3.63) is 65.7 Å². The molecule has 2 heteroatoms. The van der Waals surface area contributed by atoms with E-state index in [-0.39, 0.29) is 0 Å². The molecule has 0 unspecified atom stereocenters. The number of rotatable bonds is 4. The summed E-state index contributed by atoms with van der Waals surface area (Å²) in [6.07, 6.45) is 6.21. The van der Waals surface area contributed by atoms with Crippen LogP contribution in [0.4, 0.5) is 0 Å². The molecule has 0 saturated carbocycles.